The van der Waals surface area contributed by atoms with Gasteiger partial charge in [0.15, 0.2) is 5.82 Å². The van der Waals surface area contributed by atoms with E-state index in [0.29, 0.717) is 11.3 Å². The van der Waals surface area contributed by atoms with Crippen LogP contribution >= 0.6 is 0 Å². The zero-order valence-corrected chi connectivity index (χ0v) is 33.3. The first-order chi connectivity index (χ1) is 31.1. The normalized spacial score (nSPS) is 11.9. The smallest absolute Gasteiger partial charge is 0.150 e. The van der Waals surface area contributed by atoms with Gasteiger partial charge in [-0.15, -0.1) is 0 Å². The lowest BCUT2D eigenvalue weighted by Gasteiger charge is -2.18. The van der Waals surface area contributed by atoms with Crippen LogP contribution in [-0.4, -0.2) is 14.1 Å². The summed E-state index contributed by atoms with van der Waals surface area (Å²) < 4.78 is 27.6. The molecule has 0 saturated heterocycles. The van der Waals surface area contributed by atoms with Crippen LogP contribution in [0.4, 0.5) is 4.39 Å². The van der Waals surface area contributed by atoms with Crippen molar-refractivity contribution in [1.82, 2.24) is 14.1 Å². The highest BCUT2D eigenvalue weighted by Crippen LogP contribution is 2.46. The summed E-state index contributed by atoms with van der Waals surface area (Å²) in [5, 5.41) is 29.2. The molecule has 0 amide bonds. The molecule has 6 nitrogen and oxygen atoms in total. The largest absolute Gasteiger partial charge is 0.455 e. The van der Waals surface area contributed by atoms with Gasteiger partial charge in [0.2, 0.25) is 0 Å². The minimum Gasteiger partial charge on any atom is -0.455 e. The van der Waals surface area contributed by atoms with Gasteiger partial charge < -0.3 is 18.5 Å². The molecule has 1 N–H and O–H groups in total. The third-order valence-corrected chi connectivity index (χ3v) is 12.8. The molecule has 0 saturated carbocycles. The number of nitriles is 2. The number of benzene rings is 9. The van der Waals surface area contributed by atoms with Crippen molar-refractivity contribution < 1.29 is 8.81 Å². The van der Waals surface area contributed by atoms with E-state index < -0.39 is 5.82 Å². The van der Waals surface area contributed by atoms with Crippen LogP contribution in [0.2, 0.25) is 0 Å². The number of halogens is 1. The van der Waals surface area contributed by atoms with E-state index >= 15 is 4.39 Å². The van der Waals surface area contributed by atoms with Crippen LogP contribution in [0.5, 0.6) is 0 Å². The topological polar surface area (TPSA) is 86.4 Å². The number of aromatic amines is 1. The molecular formula is C56H30FN5O. The van der Waals surface area contributed by atoms with Crippen molar-refractivity contribution in [2.24, 2.45) is 0 Å². The number of aromatic nitrogens is 3. The maximum Gasteiger partial charge on any atom is 0.150 e. The second-order valence-corrected chi connectivity index (χ2v) is 16.1. The molecule has 7 heteroatoms. The van der Waals surface area contributed by atoms with Crippen LogP contribution in [-0.2, 0) is 0 Å². The van der Waals surface area contributed by atoms with Gasteiger partial charge in [-0.2, -0.15) is 10.5 Å². The zero-order chi connectivity index (χ0) is 41.9. The monoisotopic (exact) mass is 807 g/mol. The molecule has 9 aromatic carbocycles. The lowest BCUT2D eigenvalue weighted by Crippen LogP contribution is -2.06. The Balaban J connectivity index is 1.11. The summed E-state index contributed by atoms with van der Waals surface area (Å²) in [7, 11) is 0. The standard InChI is InChI=1S/C56H30FN5O/c57-52-35(30-58)27-36(31-59)53(50(52)32-11-3-1-4-12-32)62-47-17-9-7-15-38(47)40-22-23-41-44-28-33(20-26-48(44)61(54(41)55(40)62)37-13-5-2-6-14-37)34-19-21-43-46(29-34)60-45-25-24-42-39-16-8-10-18-49(39)63-56(42)51(43)45/h1-29,60H. The number of para-hydroxylation sites is 3. The van der Waals surface area contributed by atoms with Crippen molar-refractivity contribution in [3.05, 3.63) is 193 Å². The Morgan fingerprint density at radius 2 is 1.11 bits per heavy atom. The van der Waals surface area contributed by atoms with Gasteiger partial charge >= 0.3 is 0 Å². The van der Waals surface area contributed by atoms with Crippen molar-refractivity contribution in [3.8, 4) is 45.8 Å². The third-order valence-electron chi connectivity index (χ3n) is 12.8. The maximum atomic E-state index is 16.9. The van der Waals surface area contributed by atoms with Gasteiger partial charge in [-0.3, -0.25) is 0 Å². The van der Waals surface area contributed by atoms with Crippen LogP contribution in [0.25, 0.3) is 121 Å². The Kier molecular flexibility index (Phi) is 7.23. The highest BCUT2D eigenvalue weighted by atomic mass is 19.1. The summed E-state index contributed by atoms with van der Waals surface area (Å²) in [5.74, 6) is -0.669. The van der Waals surface area contributed by atoms with Crippen molar-refractivity contribution in [1.29, 1.82) is 10.5 Å². The van der Waals surface area contributed by atoms with Gasteiger partial charge in [-0.05, 0) is 77.4 Å². The molecule has 13 rings (SSSR count). The van der Waals surface area contributed by atoms with Crippen LogP contribution in [0, 0.1) is 28.5 Å². The fourth-order valence-corrected chi connectivity index (χ4v) is 10.1. The summed E-state index contributed by atoms with van der Waals surface area (Å²) in [6.45, 7) is 0. The predicted molar refractivity (Wildman–Crippen MR) is 252 cm³/mol. The fraction of sp³-hybridized carbons (Fsp3) is 0. The number of furan rings is 1. The minimum absolute atomic E-state index is 0.181. The molecule has 0 unspecified atom stereocenters. The SMILES string of the molecule is N#Cc1cc(C#N)c(-n2c3ccccc3c3ccc4c5cc(-c6ccc7c(c6)[nH]c6ccc8c9ccccc9oc8c67)ccc5n(-c5ccccc5)c4c32)c(-c2ccccc2)c1F. The number of fused-ring (bicyclic) bond motifs is 14. The van der Waals surface area contributed by atoms with Crippen molar-refractivity contribution >= 4 is 87.4 Å². The summed E-state index contributed by atoms with van der Waals surface area (Å²) in [5.41, 5.74) is 11.6. The molecule has 0 spiro atoms. The van der Waals surface area contributed by atoms with Gasteiger partial charge in [-0.1, -0.05) is 115 Å². The van der Waals surface area contributed by atoms with Crippen LogP contribution in [0.3, 0.4) is 0 Å². The molecule has 4 aromatic heterocycles. The predicted octanol–water partition coefficient (Wildman–Crippen LogP) is 14.6. The number of hydrogen-bond donors (Lipinski definition) is 1. The summed E-state index contributed by atoms with van der Waals surface area (Å²) in [6, 6.07) is 63.2. The molecular weight excluding hydrogens is 778 g/mol. The van der Waals surface area contributed by atoms with E-state index in [0.717, 1.165) is 104 Å². The third kappa shape index (κ3) is 4.85. The van der Waals surface area contributed by atoms with Gasteiger partial charge in [0.1, 0.15) is 23.3 Å². The van der Waals surface area contributed by atoms with E-state index in [1.54, 1.807) is 0 Å². The Morgan fingerprint density at radius 1 is 0.476 bits per heavy atom. The van der Waals surface area contributed by atoms with Gasteiger partial charge in [0.25, 0.3) is 0 Å². The highest BCUT2D eigenvalue weighted by molar-refractivity contribution is 6.25. The summed E-state index contributed by atoms with van der Waals surface area (Å²) in [4.78, 5) is 3.67. The zero-order valence-electron chi connectivity index (χ0n) is 33.3. The molecule has 0 radical (unpaired) electrons. The fourth-order valence-electron chi connectivity index (χ4n) is 10.1. The van der Waals surface area contributed by atoms with Crippen molar-refractivity contribution in [2.75, 3.05) is 0 Å². The molecule has 4 heterocycles. The molecule has 0 aliphatic heterocycles. The molecule has 292 valence electrons. The molecule has 0 aliphatic carbocycles. The van der Waals surface area contributed by atoms with Gasteiger partial charge in [0.05, 0.1) is 49.8 Å². The molecule has 0 aliphatic rings. The van der Waals surface area contributed by atoms with E-state index in [4.69, 9.17) is 4.42 Å². The number of nitrogens with one attached hydrogen (secondary N) is 1. The van der Waals surface area contributed by atoms with E-state index in [9.17, 15) is 10.5 Å². The van der Waals surface area contributed by atoms with Gasteiger partial charge in [-0.25, -0.2) is 4.39 Å². The molecule has 63 heavy (non-hydrogen) atoms. The van der Waals surface area contributed by atoms with Crippen LogP contribution in [0.1, 0.15) is 11.1 Å². The number of H-pyrrole nitrogens is 1. The molecule has 0 atom stereocenters. The lowest BCUT2D eigenvalue weighted by molar-refractivity contribution is 0.626. The van der Waals surface area contributed by atoms with Crippen LogP contribution < -0.4 is 0 Å². The van der Waals surface area contributed by atoms with Crippen LogP contribution in [0.15, 0.2) is 180 Å². The quantitative estimate of drug-likeness (QED) is 0.192. The Hall–Kier alpha value is -8.91. The van der Waals surface area contributed by atoms with E-state index in [1.807, 2.05) is 95.6 Å². The number of hydrogen-bond acceptors (Lipinski definition) is 3. The first kappa shape index (κ1) is 34.9. The van der Waals surface area contributed by atoms with Gasteiger partial charge in [0, 0.05) is 54.5 Å². The highest BCUT2D eigenvalue weighted by Gasteiger charge is 2.27. The lowest BCUT2D eigenvalue weighted by atomic mass is 9.96. The first-order valence-corrected chi connectivity index (χ1v) is 20.7. The first-order valence-electron chi connectivity index (χ1n) is 20.7. The van der Waals surface area contributed by atoms with E-state index in [-0.39, 0.29) is 16.7 Å². The molecule has 0 fully saturated rings. The second kappa shape index (κ2) is 13.0. The average molecular weight is 808 g/mol. The summed E-state index contributed by atoms with van der Waals surface area (Å²) in [6.07, 6.45) is 0. The second-order valence-electron chi connectivity index (χ2n) is 16.1. The maximum absolute atomic E-state index is 16.9. The summed E-state index contributed by atoms with van der Waals surface area (Å²) >= 11 is 0. The minimum atomic E-state index is -0.669. The number of nitrogens with zero attached hydrogens (tertiary/aromatic N) is 4. The Labute approximate surface area is 358 Å². The van der Waals surface area contributed by atoms with E-state index in [2.05, 4.69) is 101 Å². The number of rotatable bonds is 4. The molecule has 13 aromatic rings. The molecule has 0 bridgehead atoms. The Morgan fingerprint density at radius 3 is 1.92 bits per heavy atom. The van der Waals surface area contributed by atoms with Crippen molar-refractivity contribution in [3.63, 3.8) is 0 Å². The van der Waals surface area contributed by atoms with Crippen molar-refractivity contribution in [2.45, 2.75) is 0 Å². The average Bonchev–Trinajstić information content (AvgIpc) is 4.09. The Bertz CT molecular complexity index is 4180. The van der Waals surface area contributed by atoms with E-state index in [1.165, 1.54) is 6.07 Å².